The molecule has 0 spiro atoms. The smallest absolute Gasteiger partial charge is 0.289 e. The van der Waals surface area contributed by atoms with Gasteiger partial charge in [-0.25, -0.2) is 13.4 Å². The maximum Gasteiger partial charge on any atom is 0.289 e. The molecular formula is C26H34N4O6S. The molecule has 0 bridgehead atoms. The molecule has 0 atom stereocenters. The van der Waals surface area contributed by atoms with E-state index < -0.39 is 9.84 Å². The molecule has 1 saturated heterocycles. The number of morpholine rings is 1. The van der Waals surface area contributed by atoms with Gasteiger partial charge >= 0.3 is 0 Å². The third-order valence-electron chi connectivity index (χ3n) is 6.34. The lowest BCUT2D eigenvalue weighted by molar-refractivity contribution is 0.0314. The molecule has 200 valence electrons. The van der Waals surface area contributed by atoms with Crippen LogP contribution >= 0.6 is 0 Å². The maximum atomic E-state index is 13.4. The molecule has 1 amide bonds. The Labute approximate surface area is 217 Å². The van der Waals surface area contributed by atoms with Crippen molar-refractivity contribution in [3.63, 3.8) is 0 Å². The van der Waals surface area contributed by atoms with E-state index in [0.29, 0.717) is 50.7 Å². The molecule has 4 rings (SSSR count). The number of aryl methyl sites for hydroxylation is 1. The molecule has 1 fully saturated rings. The molecule has 2 aromatic heterocycles. The first-order valence-corrected chi connectivity index (χ1v) is 14.0. The van der Waals surface area contributed by atoms with E-state index in [1.54, 1.807) is 28.7 Å². The minimum absolute atomic E-state index is 0.0290. The number of aromatic nitrogens is 2. The Balaban J connectivity index is 1.59. The highest BCUT2D eigenvalue weighted by atomic mass is 32.2. The van der Waals surface area contributed by atoms with E-state index in [2.05, 4.69) is 9.88 Å². The molecule has 0 radical (unpaired) electrons. The predicted octanol–water partition coefficient (Wildman–Crippen LogP) is 2.38. The molecule has 1 aromatic carbocycles. The highest BCUT2D eigenvalue weighted by Gasteiger charge is 2.27. The molecule has 0 saturated carbocycles. The van der Waals surface area contributed by atoms with E-state index in [1.165, 1.54) is 12.5 Å². The van der Waals surface area contributed by atoms with Gasteiger partial charge in [-0.3, -0.25) is 9.69 Å². The van der Waals surface area contributed by atoms with Crippen molar-refractivity contribution in [1.29, 1.82) is 0 Å². The van der Waals surface area contributed by atoms with E-state index in [1.807, 2.05) is 31.2 Å². The number of hydrogen-bond donors (Lipinski definition) is 0. The number of hydrogen-bond acceptors (Lipinski definition) is 8. The second-order valence-electron chi connectivity index (χ2n) is 9.08. The number of carbonyl (C=O) groups is 1. The van der Waals surface area contributed by atoms with Crippen LogP contribution in [0.15, 0.2) is 58.4 Å². The van der Waals surface area contributed by atoms with E-state index >= 15 is 0 Å². The molecule has 0 unspecified atom stereocenters. The van der Waals surface area contributed by atoms with Crippen LogP contribution in [0, 0.1) is 6.92 Å². The summed E-state index contributed by atoms with van der Waals surface area (Å²) in [6, 6.07) is 10.7. The van der Waals surface area contributed by atoms with Crippen LogP contribution in [0.1, 0.15) is 27.4 Å². The van der Waals surface area contributed by atoms with Crippen LogP contribution in [0.3, 0.4) is 0 Å². The van der Waals surface area contributed by atoms with Crippen molar-refractivity contribution >= 4 is 15.7 Å². The summed E-state index contributed by atoms with van der Waals surface area (Å²) in [6.45, 7) is 6.78. The van der Waals surface area contributed by atoms with Gasteiger partial charge in [-0.1, -0.05) is 29.8 Å². The van der Waals surface area contributed by atoms with Crippen molar-refractivity contribution in [2.75, 3.05) is 53.1 Å². The zero-order valence-corrected chi connectivity index (χ0v) is 22.2. The first-order valence-electron chi connectivity index (χ1n) is 12.3. The van der Waals surface area contributed by atoms with Crippen LogP contribution in [0.5, 0.6) is 0 Å². The summed E-state index contributed by atoms with van der Waals surface area (Å²) in [4.78, 5) is 21.5. The van der Waals surface area contributed by atoms with Crippen molar-refractivity contribution < 1.29 is 27.1 Å². The number of imidazole rings is 1. The van der Waals surface area contributed by atoms with E-state index in [4.69, 9.17) is 13.9 Å². The fraction of sp³-hybridized carbons (Fsp3) is 0.462. The first-order chi connectivity index (χ1) is 17.9. The van der Waals surface area contributed by atoms with Crippen LogP contribution in [0.25, 0.3) is 0 Å². The largest absolute Gasteiger partial charge is 0.459 e. The number of methoxy groups -OCH3 is 1. The second kappa shape index (κ2) is 12.5. The fourth-order valence-electron chi connectivity index (χ4n) is 4.25. The molecule has 3 aromatic rings. The number of amides is 1. The topological polar surface area (TPSA) is 107 Å². The lowest BCUT2D eigenvalue weighted by Gasteiger charge is -2.30. The van der Waals surface area contributed by atoms with Crippen LogP contribution in [0.2, 0.25) is 0 Å². The van der Waals surface area contributed by atoms with E-state index in [0.717, 1.165) is 18.7 Å². The zero-order chi connectivity index (χ0) is 26.3. The minimum Gasteiger partial charge on any atom is -0.459 e. The summed E-state index contributed by atoms with van der Waals surface area (Å²) in [7, 11) is -2.18. The molecule has 1 aliphatic rings. The normalized spacial score (nSPS) is 14.6. The Morgan fingerprint density at radius 1 is 1.14 bits per heavy atom. The maximum absolute atomic E-state index is 13.4. The van der Waals surface area contributed by atoms with Gasteiger partial charge in [0.1, 0.15) is 0 Å². The highest BCUT2D eigenvalue weighted by molar-refractivity contribution is 7.90. The Bertz CT molecular complexity index is 1250. The predicted molar refractivity (Wildman–Crippen MR) is 137 cm³/mol. The third-order valence-corrected chi connectivity index (χ3v) is 7.93. The molecule has 1 aliphatic heterocycles. The van der Waals surface area contributed by atoms with Gasteiger partial charge in [0.25, 0.3) is 5.91 Å². The molecule has 0 aliphatic carbocycles. The van der Waals surface area contributed by atoms with Crippen LogP contribution in [-0.2, 0) is 38.2 Å². The van der Waals surface area contributed by atoms with E-state index in [9.17, 15) is 13.2 Å². The van der Waals surface area contributed by atoms with Gasteiger partial charge in [0, 0.05) is 39.8 Å². The SMILES string of the molecule is COCCn1c(CN(CCN2CCOCC2)C(=O)c2ccco2)cnc1S(=O)(=O)Cc1ccc(C)cc1. The standard InChI is InChI=1S/C26H34N4O6S/c1-21-5-7-22(8-6-21)20-37(32,33)26-27-18-23(30(26)13-15-34-2)19-29(25(31)24-4-3-14-36-24)10-9-28-11-16-35-17-12-28/h3-8,14,18H,9-13,15-17,19-20H2,1-2H3. The minimum atomic E-state index is -3.74. The number of sulfone groups is 1. The van der Waals surface area contributed by atoms with Crippen LogP contribution < -0.4 is 0 Å². The average Bonchev–Trinajstić information content (AvgIpc) is 3.57. The zero-order valence-electron chi connectivity index (χ0n) is 21.3. The molecule has 11 heteroatoms. The van der Waals surface area contributed by atoms with Gasteiger partial charge < -0.3 is 23.4 Å². The van der Waals surface area contributed by atoms with E-state index in [-0.39, 0.29) is 29.1 Å². The molecule has 37 heavy (non-hydrogen) atoms. The fourth-order valence-corrected chi connectivity index (χ4v) is 5.77. The Morgan fingerprint density at radius 3 is 2.57 bits per heavy atom. The number of rotatable bonds is 12. The summed E-state index contributed by atoms with van der Waals surface area (Å²) < 4.78 is 44.5. The highest BCUT2D eigenvalue weighted by Crippen LogP contribution is 2.20. The van der Waals surface area contributed by atoms with Gasteiger partial charge in [-0.2, -0.15) is 0 Å². The summed E-state index contributed by atoms with van der Waals surface area (Å²) in [6.07, 6.45) is 3.00. The lowest BCUT2D eigenvalue weighted by atomic mass is 10.2. The number of ether oxygens (including phenoxy) is 2. The van der Waals surface area contributed by atoms with Crippen molar-refractivity contribution in [1.82, 2.24) is 19.4 Å². The Hall–Kier alpha value is -2.99. The molecule has 0 N–H and O–H groups in total. The monoisotopic (exact) mass is 530 g/mol. The van der Waals surface area contributed by atoms with Gasteiger partial charge in [0.15, 0.2) is 5.76 Å². The number of nitrogens with zero attached hydrogens (tertiary/aromatic N) is 4. The summed E-state index contributed by atoms with van der Waals surface area (Å²) >= 11 is 0. The molecule has 10 nitrogen and oxygen atoms in total. The lowest BCUT2D eigenvalue weighted by Crippen LogP contribution is -2.43. The summed E-state index contributed by atoms with van der Waals surface area (Å²) in [5, 5.41) is -0.0290. The summed E-state index contributed by atoms with van der Waals surface area (Å²) in [5.74, 6) is -0.193. The van der Waals surface area contributed by atoms with Crippen molar-refractivity contribution in [2.24, 2.45) is 0 Å². The summed E-state index contributed by atoms with van der Waals surface area (Å²) in [5.41, 5.74) is 2.36. The Kier molecular flexibility index (Phi) is 9.14. The quantitative estimate of drug-likeness (QED) is 0.351. The third kappa shape index (κ3) is 7.07. The molecular weight excluding hydrogens is 496 g/mol. The van der Waals surface area contributed by atoms with Gasteiger partial charge in [0.05, 0.1) is 50.3 Å². The van der Waals surface area contributed by atoms with Crippen molar-refractivity contribution in [2.45, 2.75) is 30.9 Å². The van der Waals surface area contributed by atoms with Crippen LogP contribution in [-0.4, -0.2) is 86.8 Å². The van der Waals surface area contributed by atoms with Gasteiger partial charge in [-0.05, 0) is 24.6 Å². The number of benzene rings is 1. The first kappa shape index (κ1) is 27.1. The van der Waals surface area contributed by atoms with Gasteiger partial charge in [0.2, 0.25) is 15.0 Å². The number of carbonyl (C=O) groups excluding carboxylic acids is 1. The van der Waals surface area contributed by atoms with Crippen LogP contribution in [0.4, 0.5) is 0 Å². The van der Waals surface area contributed by atoms with Crippen molar-refractivity contribution in [3.8, 4) is 0 Å². The number of furan rings is 1. The Morgan fingerprint density at radius 2 is 1.89 bits per heavy atom. The van der Waals surface area contributed by atoms with Gasteiger partial charge in [-0.15, -0.1) is 0 Å². The average molecular weight is 531 g/mol. The second-order valence-corrected chi connectivity index (χ2v) is 11.0. The molecule has 3 heterocycles. The van der Waals surface area contributed by atoms with Crippen molar-refractivity contribution in [3.05, 3.63) is 71.4 Å².